The first-order chi connectivity index (χ1) is 7.18. The van der Waals surface area contributed by atoms with Crippen LogP contribution < -0.4 is 0 Å². The summed E-state index contributed by atoms with van der Waals surface area (Å²) in [6.45, 7) is 1.63. The van der Waals surface area contributed by atoms with E-state index in [1.54, 1.807) is 13.0 Å². The smallest absolute Gasteiger partial charge is 0.227 e. The molecule has 3 nitrogen and oxygen atoms in total. The minimum atomic E-state index is -0.634. The Kier molecular flexibility index (Phi) is 2.75. The van der Waals surface area contributed by atoms with Crippen molar-refractivity contribution in [2.75, 3.05) is 0 Å². The SMILES string of the molecule is CC(O)c1coc(-c2ccccc2Cl)n1. The molecule has 1 unspecified atom stereocenters. The molecule has 0 aliphatic rings. The highest BCUT2D eigenvalue weighted by atomic mass is 35.5. The van der Waals surface area contributed by atoms with E-state index in [0.717, 1.165) is 5.56 Å². The second-order valence-corrected chi connectivity index (χ2v) is 3.64. The lowest BCUT2D eigenvalue weighted by Crippen LogP contribution is -1.90. The van der Waals surface area contributed by atoms with Crippen LogP contribution in [0.25, 0.3) is 11.5 Å². The summed E-state index contributed by atoms with van der Waals surface area (Å²) in [5.74, 6) is 0.427. The maximum atomic E-state index is 9.30. The van der Waals surface area contributed by atoms with Crippen molar-refractivity contribution in [3.63, 3.8) is 0 Å². The predicted octanol–water partition coefficient (Wildman–Crippen LogP) is 3.05. The van der Waals surface area contributed by atoms with Gasteiger partial charge in [-0.25, -0.2) is 4.98 Å². The zero-order valence-corrected chi connectivity index (χ0v) is 8.90. The van der Waals surface area contributed by atoms with E-state index >= 15 is 0 Å². The molecule has 1 N–H and O–H groups in total. The third kappa shape index (κ3) is 2.03. The van der Waals surface area contributed by atoms with Gasteiger partial charge in [0.25, 0.3) is 0 Å². The van der Waals surface area contributed by atoms with Crippen LogP contribution in [0.15, 0.2) is 34.9 Å². The van der Waals surface area contributed by atoms with Gasteiger partial charge in [-0.1, -0.05) is 23.7 Å². The predicted molar refractivity (Wildman–Crippen MR) is 57.6 cm³/mol. The summed E-state index contributed by atoms with van der Waals surface area (Å²) in [5, 5.41) is 9.88. The van der Waals surface area contributed by atoms with Crippen LogP contribution in [0.5, 0.6) is 0 Å². The van der Waals surface area contributed by atoms with E-state index in [4.69, 9.17) is 16.0 Å². The minimum absolute atomic E-state index is 0.427. The number of oxazole rings is 1. The summed E-state index contributed by atoms with van der Waals surface area (Å²) in [6, 6.07) is 7.28. The normalized spacial score (nSPS) is 12.7. The fourth-order valence-electron chi connectivity index (χ4n) is 1.24. The summed E-state index contributed by atoms with van der Waals surface area (Å²) in [7, 11) is 0. The highest BCUT2D eigenvalue weighted by Crippen LogP contribution is 2.27. The van der Waals surface area contributed by atoms with E-state index in [9.17, 15) is 5.11 Å². The lowest BCUT2D eigenvalue weighted by molar-refractivity contribution is 0.194. The Morgan fingerprint density at radius 3 is 2.73 bits per heavy atom. The molecule has 0 saturated carbocycles. The third-order valence-electron chi connectivity index (χ3n) is 2.05. The van der Waals surface area contributed by atoms with Gasteiger partial charge in [0.2, 0.25) is 5.89 Å². The number of aromatic nitrogens is 1. The van der Waals surface area contributed by atoms with Crippen molar-refractivity contribution in [3.05, 3.63) is 41.2 Å². The number of aliphatic hydroxyl groups excluding tert-OH is 1. The molecule has 0 spiro atoms. The van der Waals surface area contributed by atoms with E-state index < -0.39 is 6.10 Å². The van der Waals surface area contributed by atoms with Gasteiger partial charge in [0.15, 0.2) is 0 Å². The van der Waals surface area contributed by atoms with Crippen molar-refractivity contribution in [2.24, 2.45) is 0 Å². The molecule has 0 saturated heterocycles. The quantitative estimate of drug-likeness (QED) is 0.851. The lowest BCUT2D eigenvalue weighted by Gasteiger charge is -1.98. The Bertz CT molecular complexity index is 465. The monoisotopic (exact) mass is 223 g/mol. The van der Waals surface area contributed by atoms with Crippen LogP contribution in [0.3, 0.4) is 0 Å². The van der Waals surface area contributed by atoms with Crippen LogP contribution in [-0.4, -0.2) is 10.1 Å². The average Bonchev–Trinajstić information content (AvgIpc) is 2.67. The summed E-state index contributed by atoms with van der Waals surface area (Å²) >= 11 is 5.99. The summed E-state index contributed by atoms with van der Waals surface area (Å²) in [4.78, 5) is 4.14. The second kappa shape index (κ2) is 4.04. The first kappa shape index (κ1) is 10.2. The van der Waals surface area contributed by atoms with Crippen molar-refractivity contribution in [1.82, 2.24) is 4.98 Å². The van der Waals surface area contributed by atoms with Gasteiger partial charge < -0.3 is 9.52 Å². The van der Waals surface area contributed by atoms with Crippen molar-refractivity contribution in [2.45, 2.75) is 13.0 Å². The Morgan fingerprint density at radius 1 is 1.40 bits per heavy atom. The van der Waals surface area contributed by atoms with E-state index in [0.29, 0.717) is 16.6 Å². The van der Waals surface area contributed by atoms with Crippen molar-refractivity contribution >= 4 is 11.6 Å². The van der Waals surface area contributed by atoms with Gasteiger partial charge in [0.1, 0.15) is 12.0 Å². The van der Waals surface area contributed by atoms with Gasteiger partial charge in [-0.2, -0.15) is 0 Å². The Hall–Kier alpha value is -1.32. The molecule has 15 heavy (non-hydrogen) atoms. The van der Waals surface area contributed by atoms with Gasteiger partial charge in [0.05, 0.1) is 16.7 Å². The van der Waals surface area contributed by atoms with Crippen molar-refractivity contribution in [3.8, 4) is 11.5 Å². The molecule has 2 aromatic rings. The molecule has 1 aromatic heterocycles. The first-order valence-corrected chi connectivity index (χ1v) is 4.94. The molecule has 0 amide bonds. The molecular formula is C11H10ClNO2. The van der Waals surface area contributed by atoms with E-state index in [-0.39, 0.29) is 0 Å². The molecule has 0 fully saturated rings. The third-order valence-corrected chi connectivity index (χ3v) is 2.38. The molecule has 0 bridgehead atoms. The van der Waals surface area contributed by atoms with Gasteiger partial charge in [0, 0.05) is 0 Å². The molecule has 1 aromatic carbocycles. The van der Waals surface area contributed by atoms with Crippen LogP contribution in [-0.2, 0) is 0 Å². The Balaban J connectivity index is 2.42. The van der Waals surface area contributed by atoms with Crippen LogP contribution in [0, 0.1) is 0 Å². The number of halogens is 1. The number of hydrogen-bond acceptors (Lipinski definition) is 3. The highest BCUT2D eigenvalue weighted by molar-refractivity contribution is 6.33. The molecule has 78 valence electrons. The lowest BCUT2D eigenvalue weighted by atomic mass is 10.2. The van der Waals surface area contributed by atoms with Crippen LogP contribution >= 0.6 is 11.6 Å². The largest absolute Gasteiger partial charge is 0.444 e. The van der Waals surface area contributed by atoms with Crippen LogP contribution in [0.4, 0.5) is 0 Å². The number of nitrogens with zero attached hydrogens (tertiary/aromatic N) is 1. The van der Waals surface area contributed by atoms with Gasteiger partial charge in [-0.3, -0.25) is 0 Å². The zero-order valence-electron chi connectivity index (χ0n) is 8.14. The summed E-state index contributed by atoms with van der Waals surface area (Å²) < 4.78 is 5.24. The number of benzene rings is 1. The van der Waals surface area contributed by atoms with E-state index in [1.807, 2.05) is 18.2 Å². The molecule has 0 aliphatic heterocycles. The number of hydrogen-bond donors (Lipinski definition) is 1. The first-order valence-electron chi connectivity index (χ1n) is 4.57. The Labute approximate surface area is 92.3 Å². The fourth-order valence-corrected chi connectivity index (χ4v) is 1.45. The molecule has 1 atom stereocenters. The van der Waals surface area contributed by atoms with Gasteiger partial charge in [-0.15, -0.1) is 0 Å². The van der Waals surface area contributed by atoms with Gasteiger partial charge >= 0.3 is 0 Å². The number of rotatable bonds is 2. The molecule has 0 aliphatic carbocycles. The van der Waals surface area contributed by atoms with Crippen LogP contribution in [0.2, 0.25) is 5.02 Å². The van der Waals surface area contributed by atoms with E-state index in [1.165, 1.54) is 6.26 Å². The molecular weight excluding hydrogens is 214 g/mol. The maximum absolute atomic E-state index is 9.30. The second-order valence-electron chi connectivity index (χ2n) is 3.23. The Morgan fingerprint density at radius 2 is 2.13 bits per heavy atom. The topological polar surface area (TPSA) is 46.3 Å². The van der Waals surface area contributed by atoms with E-state index in [2.05, 4.69) is 4.98 Å². The fraction of sp³-hybridized carbons (Fsp3) is 0.182. The van der Waals surface area contributed by atoms with Crippen molar-refractivity contribution < 1.29 is 9.52 Å². The molecule has 0 radical (unpaired) electrons. The minimum Gasteiger partial charge on any atom is -0.444 e. The molecule has 1 heterocycles. The molecule has 4 heteroatoms. The number of aliphatic hydroxyl groups is 1. The summed E-state index contributed by atoms with van der Waals surface area (Å²) in [6.07, 6.45) is 0.800. The summed E-state index contributed by atoms with van der Waals surface area (Å²) in [5.41, 5.74) is 1.23. The average molecular weight is 224 g/mol. The molecule has 2 rings (SSSR count). The van der Waals surface area contributed by atoms with Crippen molar-refractivity contribution in [1.29, 1.82) is 0 Å². The van der Waals surface area contributed by atoms with Gasteiger partial charge in [-0.05, 0) is 19.1 Å². The standard InChI is InChI=1S/C11H10ClNO2/c1-7(14)10-6-15-11(13-10)8-4-2-3-5-9(8)12/h2-7,14H,1H3. The highest BCUT2D eigenvalue weighted by Gasteiger charge is 2.12. The zero-order chi connectivity index (χ0) is 10.8. The maximum Gasteiger partial charge on any atom is 0.227 e. The van der Waals surface area contributed by atoms with Crippen LogP contribution in [0.1, 0.15) is 18.7 Å².